The molecule has 12 nitrogen and oxygen atoms in total. The quantitative estimate of drug-likeness (QED) is 0.201. The lowest BCUT2D eigenvalue weighted by Crippen LogP contribution is -2.03. The smallest absolute Gasteiger partial charge is 0.270 e. The largest absolute Gasteiger partial charge is 0.496 e. The van der Waals surface area contributed by atoms with Crippen LogP contribution in [0, 0.1) is 30.3 Å². The van der Waals surface area contributed by atoms with Crippen LogP contribution in [0.5, 0.6) is 17.2 Å². The molecule has 3 aromatic carbocycles. The number of nitro groups is 3. The van der Waals surface area contributed by atoms with Gasteiger partial charge in [-0.2, -0.15) is 35.3 Å². The molecule has 3 aromatic rings. The number of benzene rings is 3. The van der Waals surface area contributed by atoms with Crippen LogP contribution in [-0.2, 0) is 34.5 Å². The molecule has 0 aromatic heterocycles. The van der Waals surface area contributed by atoms with Gasteiger partial charge in [-0.15, -0.1) is 0 Å². The number of ether oxygens (including phenoxy) is 3. The van der Waals surface area contributed by atoms with Gasteiger partial charge < -0.3 is 14.2 Å². The third-order valence-electron chi connectivity index (χ3n) is 6.47. The Balaban J connectivity index is 1.86. The minimum atomic E-state index is -0.461. The Labute approximate surface area is 253 Å². The predicted octanol–water partition coefficient (Wildman–Crippen LogP) is 7.05. The van der Waals surface area contributed by atoms with E-state index in [9.17, 15) is 30.3 Å². The van der Waals surface area contributed by atoms with E-state index in [1.807, 2.05) is 0 Å². The van der Waals surface area contributed by atoms with Gasteiger partial charge in [0.25, 0.3) is 17.1 Å². The molecule has 0 saturated heterocycles. The monoisotopic (exact) mass is 633 g/mol. The van der Waals surface area contributed by atoms with E-state index in [0.717, 1.165) is 0 Å². The highest BCUT2D eigenvalue weighted by Crippen LogP contribution is 2.41. The standard InChI is InChI=1S/C27H27N3O9S3/c1-37-25-16-4-22(28(31)32)5-17(25)11-41-13-19-7-24(30(35)36)9-21(27(19)39-3)15-42-14-20-8-23(29(33)34)6-18(12-40-10-16)26(20)38-2/h4-9H,10-15H2,1-3H3. The van der Waals surface area contributed by atoms with Crippen molar-refractivity contribution in [3.05, 3.63) is 100 Å². The lowest BCUT2D eigenvalue weighted by atomic mass is 10.1. The van der Waals surface area contributed by atoms with Crippen LogP contribution in [0.2, 0.25) is 0 Å². The molecule has 0 aliphatic carbocycles. The summed E-state index contributed by atoms with van der Waals surface area (Å²) in [5, 5.41) is 35.3. The summed E-state index contributed by atoms with van der Waals surface area (Å²) in [5.74, 6) is 3.62. The fraction of sp³-hybridized carbons (Fsp3) is 0.333. The van der Waals surface area contributed by atoms with Crippen LogP contribution < -0.4 is 14.2 Å². The normalized spacial score (nSPS) is 13.8. The van der Waals surface area contributed by atoms with Crippen LogP contribution in [0.15, 0.2) is 36.4 Å². The number of fused-ring (bicyclic) bond motifs is 6. The maximum Gasteiger partial charge on any atom is 0.270 e. The van der Waals surface area contributed by atoms with Gasteiger partial charge in [0.1, 0.15) is 17.2 Å². The van der Waals surface area contributed by atoms with Crippen molar-refractivity contribution >= 4 is 52.3 Å². The number of thioether (sulfide) groups is 3. The molecular weight excluding hydrogens is 607 g/mol. The van der Waals surface area contributed by atoms with E-state index < -0.39 is 14.8 Å². The van der Waals surface area contributed by atoms with Crippen molar-refractivity contribution in [1.82, 2.24) is 0 Å². The van der Waals surface area contributed by atoms with Crippen LogP contribution >= 0.6 is 35.3 Å². The number of rotatable bonds is 6. The first kappa shape index (κ1) is 31.3. The van der Waals surface area contributed by atoms with Gasteiger partial charge in [0, 0.05) is 104 Å². The van der Waals surface area contributed by atoms with E-state index in [0.29, 0.717) is 85.1 Å². The molecule has 1 aliphatic rings. The molecule has 0 unspecified atom stereocenters. The van der Waals surface area contributed by atoms with Gasteiger partial charge in [-0.1, -0.05) is 0 Å². The van der Waals surface area contributed by atoms with Crippen LogP contribution in [0.25, 0.3) is 0 Å². The Kier molecular flexibility index (Phi) is 10.4. The summed E-state index contributed by atoms with van der Waals surface area (Å²) in [4.78, 5) is 33.9. The molecule has 1 aliphatic heterocycles. The summed E-state index contributed by atoms with van der Waals surface area (Å²) in [6, 6.07) is 8.84. The van der Waals surface area contributed by atoms with Crippen molar-refractivity contribution in [1.29, 1.82) is 0 Å². The zero-order chi connectivity index (χ0) is 30.4. The van der Waals surface area contributed by atoms with Crippen molar-refractivity contribution in [2.24, 2.45) is 0 Å². The second-order valence-electron chi connectivity index (χ2n) is 9.14. The first-order chi connectivity index (χ1) is 20.2. The molecule has 0 N–H and O–H groups in total. The number of non-ortho nitro benzene ring substituents is 3. The predicted molar refractivity (Wildman–Crippen MR) is 164 cm³/mol. The summed E-state index contributed by atoms with van der Waals surface area (Å²) in [5.41, 5.74) is 3.43. The summed E-state index contributed by atoms with van der Waals surface area (Å²) in [7, 11) is 4.50. The van der Waals surface area contributed by atoms with E-state index >= 15 is 0 Å². The minimum Gasteiger partial charge on any atom is -0.496 e. The highest BCUT2D eigenvalue weighted by Gasteiger charge is 2.23. The number of hydrogen-bond acceptors (Lipinski definition) is 12. The molecule has 0 atom stereocenters. The van der Waals surface area contributed by atoms with Crippen molar-refractivity contribution in [2.75, 3.05) is 21.3 Å². The Morgan fingerprint density at radius 1 is 0.476 bits per heavy atom. The van der Waals surface area contributed by atoms with Crippen molar-refractivity contribution in [2.45, 2.75) is 34.5 Å². The molecule has 15 heteroatoms. The molecule has 6 bridgehead atoms. The Bertz CT molecular complexity index is 1280. The Hall–Kier alpha value is -3.69. The molecule has 0 saturated carbocycles. The van der Waals surface area contributed by atoms with Crippen molar-refractivity contribution in [3.8, 4) is 17.2 Å². The molecule has 222 valence electrons. The second-order valence-corrected chi connectivity index (χ2v) is 12.1. The third-order valence-corrected chi connectivity index (χ3v) is 9.56. The maximum atomic E-state index is 11.8. The molecule has 1 heterocycles. The number of nitro benzene ring substituents is 3. The summed E-state index contributed by atoms with van der Waals surface area (Å²) < 4.78 is 17.1. The lowest BCUT2D eigenvalue weighted by molar-refractivity contribution is -0.385. The molecule has 0 radical (unpaired) electrons. The van der Waals surface area contributed by atoms with Gasteiger partial charge in [0.15, 0.2) is 0 Å². The number of hydrogen-bond donors (Lipinski definition) is 0. The van der Waals surface area contributed by atoms with Gasteiger partial charge in [-0.3, -0.25) is 30.3 Å². The fourth-order valence-corrected chi connectivity index (χ4v) is 7.68. The zero-order valence-electron chi connectivity index (χ0n) is 22.9. The van der Waals surface area contributed by atoms with E-state index in [1.165, 1.54) is 93.0 Å². The minimum absolute atomic E-state index is 0.0844. The van der Waals surface area contributed by atoms with E-state index in [-0.39, 0.29) is 17.1 Å². The average Bonchev–Trinajstić information content (AvgIpc) is 2.96. The van der Waals surface area contributed by atoms with Crippen LogP contribution in [0.3, 0.4) is 0 Å². The van der Waals surface area contributed by atoms with E-state index in [4.69, 9.17) is 14.2 Å². The van der Waals surface area contributed by atoms with Gasteiger partial charge in [-0.05, 0) is 0 Å². The molecule has 0 spiro atoms. The molecule has 42 heavy (non-hydrogen) atoms. The summed E-state index contributed by atoms with van der Waals surface area (Å²) >= 11 is 4.31. The fourth-order valence-electron chi connectivity index (χ4n) is 4.77. The Morgan fingerprint density at radius 3 is 0.810 bits per heavy atom. The lowest BCUT2D eigenvalue weighted by Gasteiger charge is -2.17. The summed E-state index contributed by atoms with van der Waals surface area (Å²) in [6.07, 6.45) is 0. The van der Waals surface area contributed by atoms with Crippen molar-refractivity contribution in [3.63, 3.8) is 0 Å². The van der Waals surface area contributed by atoms with E-state index in [2.05, 4.69) is 0 Å². The first-order valence-corrected chi connectivity index (χ1v) is 15.9. The topological polar surface area (TPSA) is 157 Å². The van der Waals surface area contributed by atoms with Gasteiger partial charge in [0.2, 0.25) is 0 Å². The highest BCUT2D eigenvalue weighted by atomic mass is 32.2. The Morgan fingerprint density at radius 2 is 0.667 bits per heavy atom. The average molecular weight is 634 g/mol. The zero-order valence-corrected chi connectivity index (χ0v) is 25.4. The van der Waals surface area contributed by atoms with Crippen LogP contribution in [-0.4, -0.2) is 36.1 Å². The number of methoxy groups -OCH3 is 3. The van der Waals surface area contributed by atoms with Crippen LogP contribution in [0.4, 0.5) is 17.1 Å². The highest BCUT2D eigenvalue weighted by molar-refractivity contribution is 7.98. The summed E-state index contributed by atoms with van der Waals surface area (Å²) in [6.45, 7) is 0. The first-order valence-electron chi connectivity index (χ1n) is 12.4. The maximum absolute atomic E-state index is 11.8. The second kappa shape index (κ2) is 14.0. The molecule has 4 rings (SSSR count). The SMILES string of the molecule is COc1c2cc([N+](=O)[O-])cc1CSCc1cc([N+](=O)[O-])cc(c1OC)CSCc1cc([N+](=O)[O-])cc(c1OC)CSC2. The molecule has 0 amide bonds. The van der Waals surface area contributed by atoms with E-state index in [1.54, 1.807) is 0 Å². The third kappa shape index (κ3) is 7.02. The number of nitrogens with zero attached hydrogens (tertiary/aromatic N) is 3. The van der Waals surface area contributed by atoms with Gasteiger partial charge >= 0.3 is 0 Å². The van der Waals surface area contributed by atoms with Crippen molar-refractivity contribution < 1.29 is 29.0 Å². The van der Waals surface area contributed by atoms with Gasteiger partial charge in [0.05, 0.1) is 36.1 Å². The van der Waals surface area contributed by atoms with Gasteiger partial charge in [-0.25, -0.2) is 0 Å². The molecule has 0 fully saturated rings. The van der Waals surface area contributed by atoms with Crippen LogP contribution in [0.1, 0.15) is 33.4 Å². The molecular formula is C27H27N3O9S3.